The van der Waals surface area contributed by atoms with Crippen molar-refractivity contribution in [1.29, 1.82) is 0 Å². The molecule has 0 aliphatic carbocycles. The summed E-state index contributed by atoms with van der Waals surface area (Å²) in [4.78, 5) is 22.8. The normalized spacial score (nSPS) is 13.7. The predicted octanol–water partition coefficient (Wildman–Crippen LogP) is 1.69. The van der Waals surface area contributed by atoms with Crippen LogP contribution in [-0.4, -0.2) is 51.7 Å². The fourth-order valence-corrected chi connectivity index (χ4v) is 3.31. The molecular weight excluding hydrogens is 368 g/mol. The standard InChI is InChI=1S/C17H13ClN8O/c18-12-8-20-14-7-13(23-26(14)9-12)17(27)24-5-6-25-15(10-24)21-22-16(25)11-1-3-19-4-2-11/h1-4,7-9H,5-6,10H2. The number of carbonyl (C=O) groups is 1. The highest BCUT2D eigenvalue weighted by atomic mass is 35.5. The molecule has 0 spiro atoms. The third-order valence-corrected chi connectivity index (χ3v) is 4.68. The maximum Gasteiger partial charge on any atom is 0.274 e. The van der Waals surface area contributed by atoms with E-state index >= 15 is 0 Å². The second-order valence-electron chi connectivity index (χ2n) is 6.16. The Balaban J connectivity index is 1.42. The van der Waals surface area contributed by atoms with Gasteiger partial charge in [0.1, 0.15) is 0 Å². The average molecular weight is 381 g/mol. The van der Waals surface area contributed by atoms with Crippen molar-refractivity contribution < 1.29 is 4.79 Å². The first-order valence-corrected chi connectivity index (χ1v) is 8.69. The molecule has 5 rings (SSSR count). The lowest BCUT2D eigenvalue weighted by atomic mass is 10.2. The molecule has 1 aliphatic rings. The highest BCUT2D eigenvalue weighted by Crippen LogP contribution is 2.22. The number of carbonyl (C=O) groups excluding carboxylic acids is 1. The van der Waals surface area contributed by atoms with Crippen LogP contribution in [0, 0.1) is 0 Å². The van der Waals surface area contributed by atoms with E-state index in [4.69, 9.17) is 11.6 Å². The first kappa shape index (κ1) is 15.9. The van der Waals surface area contributed by atoms with Crippen LogP contribution in [-0.2, 0) is 13.1 Å². The largest absolute Gasteiger partial charge is 0.328 e. The van der Waals surface area contributed by atoms with E-state index < -0.39 is 0 Å². The summed E-state index contributed by atoms with van der Waals surface area (Å²) < 4.78 is 3.54. The van der Waals surface area contributed by atoms with Crippen molar-refractivity contribution in [3.05, 3.63) is 59.5 Å². The number of hydrogen-bond acceptors (Lipinski definition) is 6. The SMILES string of the molecule is O=C(c1cc2ncc(Cl)cn2n1)N1CCn2c(nnc2-c2ccncc2)C1. The maximum absolute atomic E-state index is 12.9. The molecule has 0 aromatic carbocycles. The number of aromatic nitrogens is 7. The van der Waals surface area contributed by atoms with Gasteiger partial charge in [0.2, 0.25) is 0 Å². The highest BCUT2D eigenvalue weighted by molar-refractivity contribution is 6.30. The van der Waals surface area contributed by atoms with Gasteiger partial charge < -0.3 is 9.47 Å². The molecule has 134 valence electrons. The number of hydrogen-bond donors (Lipinski definition) is 0. The molecule has 0 unspecified atom stereocenters. The van der Waals surface area contributed by atoms with Gasteiger partial charge in [0, 0.05) is 43.3 Å². The summed E-state index contributed by atoms with van der Waals surface area (Å²) in [6.07, 6.45) is 6.59. The van der Waals surface area contributed by atoms with Gasteiger partial charge in [0.25, 0.3) is 5.91 Å². The van der Waals surface area contributed by atoms with E-state index in [2.05, 4.69) is 25.3 Å². The zero-order chi connectivity index (χ0) is 18.4. The molecule has 1 amide bonds. The lowest BCUT2D eigenvalue weighted by Crippen LogP contribution is -2.38. The Morgan fingerprint density at radius 1 is 1.15 bits per heavy atom. The van der Waals surface area contributed by atoms with Gasteiger partial charge >= 0.3 is 0 Å². The molecule has 5 heterocycles. The highest BCUT2D eigenvalue weighted by Gasteiger charge is 2.27. The number of amides is 1. The quantitative estimate of drug-likeness (QED) is 0.525. The number of halogens is 1. The number of nitrogens with zero attached hydrogens (tertiary/aromatic N) is 8. The van der Waals surface area contributed by atoms with Crippen LogP contribution < -0.4 is 0 Å². The van der Waals surface area contributed by atoms with Crippen molar-refractivity contribution >= 4 is 23.2 Å². The van der Waals surface area contributed by atoms with Gasteiger partial charge in [-0.25, -0.2) is 9.50 Å². The molecule has 9 nitrogen and oxygen atoms in total. The first-order chi connectivity index (χ1) is 13.2. The topological polar surface area (TPSA) is 94.1 Å². The van der Waals surface area contributed by atoms with Crippen molar-refractivity contribution in [2.24, 2.45) is 0 Å². The van der Waals surface area contributed by atoms with E-state index in [9.17, 15) is 4.79 Å². The number of pyridine rings is 1. The van der Waals surface area contributed by atoms with E-state index in [1.54, 1.807) is 29.6 Å². The van der Waals surface area contributed by atoms with E-state index in [1.807, 2.05) is 16.7 Å². The Bertz CT molecular complexity index is 1150. The minimum absolute atomic E-state index is 0.170. The van der Waals surface area contributed by atoms with Gasteiger partial charge in [0.15, 0.2) is 23.0 Å². The van der Waals surface area contributed by atoms with Gasteiger partial charge in [-0.2, -0.15) is 5.10 Å². The summed E-state index contributed by atoms with van der Waals surface area (Å²) in [6, 6.07) is 5.44. The third kappa shape index (κ3) is 2.72. The van der Waals surface area contributed by atoms with Crippen LogP contribution in [0.25, 0.3) is 17.0 Å². The van der Waals surface area contributed by atoms with Gasteiger partial charge in [-0.1, -0.05) is 11.6 Å². The molecule has 4 aromatic rings. The molecule has 0 saturated heterocycles. The van der Waals surface area contributed by atoms with Crippen molar-refractivity contribution in [3.63, 3.8) is 0 Å². The maximum atomic E-state index is 12.9. The molecule has 0 bridgehead atoms. The van der Waals surface area contributed by atoms with Gasteiger partial charge in [0.05, 0.1) is 17.8 Å². The molecule has 0 saturated carbocycles. The Morgan fingerprint density at radius 2 is 2.00 bits per heavy atom. The molecule has 0 radical (unpaired) electrons. The van der Waals surface area contributed by atoms with E-state index in [0.29, 0.717) is 36.0 Å². The minimum Gasteiger partial charge on any atom is -0.328 e. The van der Waals surface area contributed by atoms with Crippen LogP contribution >= 0.6 is 11.6 Å². The third-order valence-electron chi connectivity index (χ3n) is 4.48. The van der Waals surface area contributed by atoms with Gasteiger partial charge in [-0.3, -0.25) is 9.78 Å². The van der Waals surface area contributed by atoms with Crippen LogP contribution in [0.1, 0.15) is 16.3 Å². The first-order valence-electron chi connectivity index (χ1n) is 8.32. The average Bonchev–Trinajstić information content (AvgIpc) is 3.31. The fraction of sp³-hybridized carbons (Fsp3) is 0.176. The molecule has 1 aliphatic heterocycles. The predicted molar refractivity (Wildman–Crippen MR) is 96.0 cm³/mol. The van der Waals surface area contributed by atoms with E-state index in [1.165, 1.54) is 10.7 Å². The van der Waals surface area contributed by atoms with Crippen LogP contribution in [0.2, 0.25) is 5.02 Å². The molecule has 10 heteroatoms. The van der Waals surface area contributed by atoms with Crippen LogP contribution in [0.15, 0.2) is 43.0 Å². The number of rotatable bonds is 2. The van der Waals surface area contributed by atoms with Crippen molar-refractivity contribution in [2.45, 2.75) is 13.1 Å². The van der Waals surface area contributed by atoms with Crippen molar-refractivity contribution in [2.75, 3.05) is 6.54 Å². The zero-order valence-electron chi connectivity index (χ0n) is 14.0. The minimum atomic E-state index is -0.170. The fourth-order valence-electron chi connectivity index (χ4n) is 3.17. The summed E-state index contributed by atoms with van der Waals surface area (Å²) in [7, 11) is 0. The van der Waals surface area contributed by atoms with E-state index in [-0.39, 0.29) is 5.91 Å². The summed E-state index contributed by atoms with van der Waals surface area (Å²) in [5.41, 5.74) is 1.85. The molecule has 27 heavy (non-hydrogen) atoms. The Hall–Kier alpha value is -3.33. The number of fused-ring (bicyclic) bond motifs is 2. The molecule has 0 N–H and O–H groups in total. The molecule has 0 fully saturated rings. The van der Waals surface area contributed by atoms with Crippen molar-refractivity contribution in [3.8, 4) is 11.4 Å². The van der Waals surface area contributed by atoms with Crippen LogP contribution in [0.3, 0.4) is 0 Å². The van der Waals surface area contributed by atoms with Gasteiger partial charge in [-0.15, -0.1) is 10.2 Å². The van der Waals surface area contributed by atoms with Crippen molar-refractivity contribution in [1.82, 2.24) is 39.2 Å². The van der Waals surface area contributed by atoms with Gasteiger partial charge in [-0.05, 0) is 12.1 Å². The molecular formula is C17H13ClN8O. The smallest absolute Gasteiger partial charge is 0.274 e. The summed E-state index contributed by atoms with van der Waals surface area (Å²) >= 11 is 5.92. The Morgan fingerprint density at radius 3 is 2.85 bits per heavy atom. The Kier molecular flexibility index (Phi) is 3.61. The van der Waals surface area contributed by atoms with Crippen LogP contribution in [0.4, 0.5) is 0 Å². The second kappa shape index (κ2) is 6.13. The van der Waals surface area contributed by atoms with Crippen LogP contribution in [0.5, 0.6) is 0 Å². The van der Waals surface area contributed by atoms with E-state index in [0.717, 1.165) is 17.2 Å². The lowest BCUT2D eigenvalue weighted by Gasteiger charge is -2.27. The Labute approximate surface area is 158 Å². The summed E-state index contributed by atoms with van der Waals surface area (Å²) in [5.74, 6) is 1.36. The second-order valence-corrected chi connectivity index (χ2v) is 6.60. The lowest BCUT2D eigenvalue weighted by molar-refractivity contribution is 0.0701. The summed E-state index contributed by atoms with van der Waals surface area (Å²) in [5, 5.41) is 13.3. The summed E-state index contributed by atoms with van der Waals surface area (Å²) in [6.45, 7) is 1.53. The monoisotopic (exact) mass is 380 g/mol. The molecule has 4 aromatic heterocycles. The zero-order valence-corrected chi connectivity index (χ0v) is 14.8. The molecule has 0 atom stereocenters.